The first-order valence-corrected chi connectivity index (χ1v) is 15.9. The van der Waals surface area contributed by atoms with Gasteiger partial charge in [-0.2, -0.15) is 0 Å². The van der Waals surface area contributed by atoms with Gasteiger partial charge in [-0.15, -0.1) is 0 Å². The molecule has 2 unspecified atom stereocenters. The molecule has 2 atom stereocenters. The van der Waals surface area contributed by atoms with E-state index in [1.807, 2.05) is 52.8 Å². The maximum atomic E-state index is 14.3. The number of carbonyl (C=O) groups is 2. The van der Waals surface area contributed by atoms with Crippen molar-refractivity contribution in [3.63, 3.8) is 0 Å². The van der Waals surface area contributed by atoms with Crippen molar-refractivity contribution in [3.8, 4) is 11.5 Å². The topological polar surface area (TPSA) is 105 Å². The van der Waals surface area contributed by atoms with Gasteiger partial charge in [0.2, 0.25) is 11.8 Å². The molecule has 0 heterocycles. The summed E-state index contributed by atoms with van der Waals surface area (Å²) in [6.45, 7) is 8.96. The van der Waals surface area contributed by atoms with E-state index in [9.17, 15) is 18.0 Å². The van der Waals surface area contributed by atoms with Crippen molar-refractivity contribution < 1.29 is 27.5 Å². The zero-order valence-electron chi connectivity index (χ0n) is 26.1. The predicted molar refractivity (Wildman–Crippen MR) is 169 cm³/mol. The summed E-state index contributed by atoms with van der Waals surface area (Å²) in [6, 6.07) is 17.9. The highest BCUT2D eigenvalue weighted by Crippen LogP contribution is 2.34. The Labute approximate surface area is 255 Å². The largest absolute Gasteiger partial charge is 0.497 e. The van der Waals surface area contributed by atoms with Crippen LogP contribution >= 0.6 is 0 Å². The van der Waals surface area contributed by atoms with Crippen LogP contribution in [0.5, 0.6) is 11.5 Å². The molecule has 43 heavy (non-hydrogen) atoms. The molecule has 9 nitrogen and oxygen atoms in total. The smallest absolute Gasteiger partial charge is 0.264 e. The molecule has 0 aliphatic carbocycles. The van der Waals surface area contributed by atoms with Crippen molar-refractivity contribution in [3.05, 3.63) is 83.4 Å². The van der Waals surface area contributed by atoms with Gasteiger partial charge in [0.1, 0.15) is 24.1 Å². The minimum atomic E-state index is -4.22. The number of nitrogens with zero attached hydrogens (tertiary/aromatic N) is 2. The van der Waals surface area contributed by atoms with E-state index < -0.39 is 28.5 Å². The van der Waals surface area contributed by atoms with E-state index in [1.54, 1.807) is 43.5 Å². The van der Waals surface area contributed by atoms with Crippen molar-refractivity contribution in [2.45, 2.75) is 71.0 Å². The maximum Gasteiger partial charge on any atom is 0.264 e. The molecule has 0 aliphatic heterocycles. The number of anilines is 1. The molecule has 0 spiro atoms. The molecular formula is C33H43N3O6S. The minimum absolute atomic E-state index is 0.0396. The summed E-state index contributed by atoms with van der Waals surface area (Å²) in [5.74, 6) is 0.142. The van der Waals surface area contributed by atoms with E-state index >= 15 is 0 Å². The van der Waals surface area contributed by atoms with Gasteiger partial charge in [0, 0.05) is 12.6 Å². The number of carbonyl (C=O) groups excluding carboxylic acids is 2. The monoisotopic (exact) mass is 609 g/mol. The molecule has 232 valence electrons. The summed E-state index contributed by atoms with van der Waals surface area (Å²) in [6.07, 6.45) is 1.06. The summed E-state index contributed by atoms with van der Waals surface area (Å²) in [4.78, 5) is 29.3. The number of sulfonamides is 1. The Morgan fingerprint density at radius 1 is 0.860 bits per heavy atom. The maximum absolute atomic E-state index is 14.3. The van der Waals surface area contributed by atoms with Crippen LogP contribution < -0.4 is 19.1 Å². The average molecular weight is 610 g/mol. The molecule has 2 amide bonds. The summed E-state index contributed by atoms with van der Waals surface area (Å²) < 4.78 is 40.2. The first-order chi connectivity index (χ1) is 20.4. The van der Waals surface area contributed by atoms with Crippen LogP contribution in [-0.2, 0) is 26.2 Å². The van der Waals surface area contributed by atoms with Crippen molar-refractivity contribution in [1.29, 1.82) is 0 Å². The van der Waals surface area contributed by atoms with Crippen LogP contribution in [0.25, 0.3) is 0 Å². The Bertz CT molecular complexity index is 1490. The van der Waals surface area contributed by atoms with E-state index in [-0.39, 0.29) is 29.1 Å². The molecule has 3 aromatic rings. The van der Waals surface area contributed by atoms with Crippen molar-refractivity contribution in [2.24, 2.45) is 0 Å². The second-order valence-electron chi connectivity index (χ2n) is 10.6. The van der Waals surface area contributed by atoms with Gasteiger partial charge in [-0.1, -0.05) is 49.7 Å². The third-order valence-electron chi connectivity index (χ3n) is 7.39. The normalized spacial score (nSPS) is 12.6. The number of methoxy groups -OCH3 is 2. The van der Waals surface area contributed by atoms with Gasteiger partial charge < -0.3 is 19.7 Å². The van der Waals surface area contributed by atoms with Crippen LogP contribution in [0.4, 0.5) is 5.69 Å². The van der Waals surface area contributed by atoms with Gasteiger partial charge in [-0.25, -0.2) is 8.42 Å². The molecular weight excluding hydrogens is 566 g/mol. The van der Waals surface area contributed by atoms with Crippen molar-refractivity contribution in [2.75, 3.05) is 25.1 Å². The quantitative estimate of drug-likeness (QED) is 0.268. The molecule has 1 N–H and O–H groups in total. The van der Waals surface area contributed by atoms with E-state index in [4.69, 9.17) is 9.47 Å². The fourth-order valence-electron chi connectivity index (χ4n) is 4.63. The standard InChI is InChI=1S/C33H43N3O6S/c1-8-25(5)34-33(38)29(9-2)35(21-26-13-15-27(41-6)16-14-26)32(37)22-36(30-20-24(4)12-19-31(30)42-7)43(39,40)28-17-10-23(3)11-18-28/h10-20,25,29H,8-9,21-22H2,1-7H3,(H,34,38). The van der Waals surface area contributed by atoms with Crippen LogP contribution in [0.15, 0.2) is 71.6 Å². The Kier molecular flexibility index (Phi) is 11.6. The third-order valence-corrected chi connectivity index (χ3v) is 9.16. The molecule has 0 aromatic heterocycles. The first kappa shape index (κ1) is 33.5. The van der Waals surface area contributed by atoms with Crippen LogP contribution in [0.2, 0.25) is 0 Å². The molecule has 0 fully saturated rings. The molecule has 0 saturated carbocycles. The minimum Gasteiger partial charge on any atom is -0.497 e. The summed E-state index contributed by atoms with van der Waals surface area (Å²) >= 11 is 0. The van der Waals surface area contributed by atoms with E-state index in [0.29, 0.717) is 17.9 Å². The second-order valence-corrected chi connectivity index (χ2v) is 12.5. The lowest BCUT2D eigenvalue weighted by Gasteiger charge is -2.34. The molecule has 3 rings (SSSR count). The van der Waals surface area contributed by atoms with Gasteiger partial charge >= 0.3 is 0 Å². The van der Waals surface area contributed by atoms with E-state index in [1.165, 1.54) is 24.1 Å². The molecule has 0 saturated heterocycles. The number of amides is 2. The Balaban J connectivity index is 2.12. The zero-order valence-corrected chi connectivity index (χ0v) is 26.9. The Hall–Kier alpha value is -4.05. The average Bonchev–Trinajstić information content (AvgIpc) is 2.99. The van der Waals surface area contributed by atoms with Crippen molar-refractivity contribution >= 4 is 27.5 Å². The predicted octanol–water partition coefficient (Wildman–Crippen LogP) is 5.24. The van der Waals surface area contributed by atoms with Gasteiger partial charge in [-0.3, -0.25) is 13.9 Å². The first-order valence-electron chi connectivity index (χ1n) is 14.4. The second kappa shape index (κ2) is 14.9. The molecule has 3 aromatic carbocycles. The summed E-state index contributed by atoms with van der Waals surface area (Å²) in [5.41, 5.74) is 2.70. The Morgan fingerprint density at radius 3 is 2.05 bits per heavy atom. The van der Waals surface area contributed by atoms with E-state index in [2.05, 4.69) is 5.32 Å². The van der Waals surface area contributed by atoms with Crippen LogP contribution in [0.1, 0.15) is 50.3 Å². The van der Waals surface area contributed by atoms with Crippen molar-refractivity contribution in [1.82, 2.24) is 10.2 Å². The van der Waals surface area contributed by atoms with Crippen LogP contribution in [0, 0.1) is 13.8 Å². The number of aryl methyl sites for hydroxylation is 2. The highest BCUT2D eigenvalue weighted by atomic mass is 32.2. The lowest BCUT2D eigenvalue weighted by Crippen LogP contribution is -2.53. The number of hydrogen-bond donors (Lipinski definition) is 1. The van der Waals surface area contributed by atoms with Gasteiger partial charge in [0.05, 0.1) is 24.8 Å². The Morgan fingerprint density at radius 2 is 1.49 bits per heavy atom. The number of benzene rings is 3. The lowest BCUT2D eigenvalue weighted by atomic mass is 10.1. The number of nitrogens with one attached hydrogen (secondary N) is 1. The number of rotatable bonds is 14. The fraction of sp³-hybridized carbons (Fsp3) is 0.394. The fourth-order valence-corrected chi connectivity index (χ4v) is 6.05. The van der Waals surface area contributed by atoms with Gasteiger partial charge in [0.15, 0.2) is 0 Å². The SMILES string of the molecule is CCC(C)NC(=O)C(CC)N(Cc1ccc(OC)cc1)C(=O)CN(c1cc(C)ccc1OC)S(=O)(=O)c1ccc(C)cc1. The molecule has 0 radical (unpaired) electrons. The highest BCUT2D eigenvalue weighted by Gasteiger charge is 2.35. The van der Waals surface area contributed by atoms with Crippen LogP contribution in [-0.4, -0.2) is 58.0 Å². The number of ether oxygens (including phenoxy) is 2. The zero-order chi connectivity index (χ0) is 31.7. The van der Waals surface area contributed by atoms with Gasteiger partial charge in [0.25, 0.3) is 10.0 Å². The molecule has 0 aliphatic rings. The lowest BCUT2D eigenvalue weighted by molar-refractivity contribution is -0.140. The summed E-state index contributed by atoms with van der Waals surface area (Å²) in [7, 11) is -1.19. The number of hydrogen-bond acceptors (Lipinski definition) is 6. The third kappa shape index (κ3) is 8.28. The summed E-state index contributed by atoms with van der Waals surface area (Å²) in [5, 5.41) is 2.99. The van der Waals surface area contributed by atoms with Crippen LogP contribution in [0.3, 0.4) is 0 Å². The molecule has 10 heteroatoms. The van der Waals surface area contributed by atoms with Gasteiger partial charge in [-0.05, 0) is 81.1 Å². The highest BCUT2D eigenvalue weighted by molar-refractivity contribution is 7.92. The molecule has 0 bridgehead atoms. The van der Waals surface area contributed by atoms with E-state index in [0.717, 1.165) is 27.4 Å².